The predicted octanol–water partition coefficient (Wildman–Crippen LogP) is 2.77. The lowest BCUT2D eigenvalue weighted by Crippen LogP contribution is -2.16. The molecular weight excluding hydrogens is 248 g/mol. The van der Waals surface area contributed by atoms with E-state index in [2.05, 4.69) is 12.6 Å². The zero-order valence-corrected chi connectivity index (χ0v) is 10.9. The second kappa shape index (κ2) is 5.31. The highest BCUT2D eigenvalue weighted by Crippen LogP contribution is 2.29. The van der Waals surface area contributed by atoms with Crippen LogP contribution < -0.4 is 4.74 Å². The first-order valence-electron chi connectivity index (χ1n) is 5.59. The van der Waals surface area contributed by atoms with Crippen molar-refractivity contribution in [2.24, 2.45) is 0 Å². The van der Waals surface area contributed by atoms with E-state index >= 15 is 0 Å². The van der Waals surface area contributed by atoms with Crippen LogP contribution >= 0.6 is 12.6 Å². The molecular formula is C14H14O3S. The number of hydrogen-bond acceptors (Lipinski definition) is 3. The third kappa shape index (κ3) is 2.43. The number of methoxy groups -OCH3 is 1. The average molecular weight is 262 g/mol. The zero-order valence-electron chi connectivity index (χ0n) is 9.96. The van der Waals surface area contributed by atoms with Crippen molar-refractivity contribution in [3.8, 4) is 5.75 Å². The van der Waals surface area contributed by atoms with Crippen molar-refractivity contribution in [2.75, 3.05) is 7.11 Å². The fourth-order valence-electron chi connectivity index (χ4n) is 2.00. The quantitative estimate of drug-likeness (QED) is 0.833. The Morgan fingerprint density at radius 3 is 2.72 bits per heavy atom. The third-order valence-electron chi connectivity index (χ3n) is 2.90. The van der Waals surface area contributed by atoms with Crippen LogP contribution in [-0.2, 0) is 11.2 Å². The summed E-state index contributed by atoms with van der Waals surface area (Å²) in [6, 6.07) is 11.7. The van der Waals surface area contributed by atoms with E-state index in [-0.39, 0.29) is 0 Å². The molecule has 0 saturated carbocycles. The van der Waals surface area contributed by atoms with Crippen molar-refractivity contribution < 1.29 is 14.6 Å². The first-order chi connectivity index (χ1) is 8.63. The van der Waals surface area contributed by atoms with Crippen LogP contribution in [0.25, 0.3) is 10.8 Å². The van der Waals surface area contributed by atoms with Gasteiger partial charge in [-0.25, -0.2) is 0 Å². The van der Waals surface area contributed by atoms with Crippen LogP contribution in [0.15, 0.2) is 36.4 Å². The van der Waals surface area contributed by atoms with Gasteiger partial charge >= 0.3 is 5.97 Å². The lowest BCUT2D eigenvalue weighted by Gasteiger charge is -2.13. The Morgan fingerprint density at radius 2 is 2.06 bits per heavy atom. The summed E-state index contributed by atoms with van der Waals surface area (Å²) in [5, 5.41) is 10.3. The minimum absolute atomic E-state index is 0.336. The molecule has 1 N–H and O–H groups in total. The Balaban J connectivity index is 2.54. The fraction of sp³-hybridized carbons (Fsp3) is 0.214. The molecule has 4 heteroatoms. The van der Waals surface area contributed by atoms with Crippen molar-refractivity contribution in [1.29, 1.82) is 0 Å². The second-order valence-electron chi connectivity index (χ2n) is 4.03. The van der Waals surface area contributed by atoms with Crippen molar-refractivity contribution in [3.05, 3.63) is 42.0 Å². The maximum atomic E-state index is 10.9. The van der Waals surface area contributed by atoms with Crippen LogP contribution in [0.2, 0.25) is 0 Å². The van der Waals surface area contributed by atoms with Crippen LogP contribution in [0.4, 0.5) is 0 Å². The second-order valence-corrected chi connectivity index (χ2v) is 4.65. The number of carboxylic acid groups (broad SMARTS) is 1. The SMILES string of the molecule is COc1ccc2ccccc2c1CC(S)C(=O)O. The first kappa shape index (κ1) is 12.8. The van der Waals surface area contributed by atoms with Gasteiger partial charge in [-0.3, -0.25) is 4.79 Å². The fourth-order valence-corrected chi connectivity index (χ4v) is 2.18. The molecule has 3 nitrogen and oxygen atoms in total. The molecule has 0 aliphatic heterocycles. The topological polar surface area (TPSA) is 46.5 Å². The van der Waals surface area contributed by atoms with E-state index < -0.39 is 11.2 Å². The molecule has 0 heterocycles. The Bertz CT molecular complexity index is 580. The summed E-state index contributed by atoms with van der Waals surface area (Å²) in [6.07, 6.45) is 0.336. The van der Waals surface area contributed by atoms with Gasteiger partial charge in [0.15, 0.2) is 0 Å². The van der Waals surface area contributed by atoms with Crippen LogP contribution in [0.5, 0.6) is 5.75 Å². The molecule has 0 amide bonds. The predicted molar refractivity (Wildman–Crippen MR) is 74.6 cm³/mol. The van der Waals surface area contributed by atoms with Gasteiger partial charge in [0.2, 0.25) is 0 Å². The molecule has 1 atom stereocenters. The Morgan fingerprint density at radius 1 is 1.33 bits per heavy atom. The molecule has 94 valence electrons. The van der Waals surface area contributed by atoms with E-state index in [1.165, 1.54) is 0 Å². The number of ether oxygens (including phenoxy) is 1. The highest BCUT2D eigenvalue weighted by Gasteiger charge is 2.17. The van der Waals surface area contributed by atoms with Crippen LogP contribution in [0.3, 0.4) is 0 Å². The van der Waals surface area contributed by atoms with Gasteiger partial charge in [0.1, 0.15) is 11.0 Å². The molecule has 2 aromatic carbocycles. The van der Waals surface area contributed by atoms with Crippen LogP contribution in [-0.4, -0.2) is 23.4 Å². The van der Waals surface area contributed by atoms with E-state index in [9.17, 15) is 4.79 Å². The van der Waals surface area contributed by atoms with Gasteiger partial charge < -0.3 is 9.84 Å². The average Bonchev–Trinajstić information content (AvgIpc) is 2.39. The van der Waals surface area contributed by atoms with E-state index in [1.807, 2.05) is 36.4 Å². The highest BCUT2D eigenvalue weighted by molar-refractivity contribution is 7.81. The molecule has 1 unspecified atom stereocenters. The van der Waals surface area contributed by atoms with E-state index in [1.54, 1.807) is 7.11 Å². The summed E-state index contributed by atoms with van der Waals surface area (Å²) in [7, 11) is 1.59. The van der Waals surface area contributed by atoms with Gasteiger partial charge in [-0.15, -0.1) is 0 Å². The molecule has 0 saturated heterocycles. The van der Waals surface area contributed by atoms with Gasteiger partial charge in [-0.05, 0) is 23.3 Å². The third-order valence-corrected chi connectivity index (χ3v) is 3.30. The zero-order chi connectivity index (χ0) is 13.1. The molecule has 0 aliphatic carbocycles. The number of benzene rings is 2. The smallest absolute Gasteiger partial charge is 0.316 e. The Hall–Kier alpha value is -1.68. The van der Waals surface area contributed by atoms with Gasteiger partial charge in [0.25, 0.3) is 0 Å². The molecule has 0 spiro atoms. The van der Waals surface area contributed by atoms with Gasteiger partial charge in [0, 0.05) is 5.56 Å². The standard InChI is InChI=1S/C14H14O3S/c1-17-12-7-6-9-4-2-3-5-10(9)11(12)8-13(18)14(15)16/h2-7,13,18H,8H2,1H3,(H,15,16). The monoisotopic (exact) mass is 262 g/mol. The summed E-state index contributed by atoms with van der Waals surface area (Å²) in [6.45, 7) is 0. The number of rotatable bonds is 4. The number of fused-ring (bicyclic) bond motifs is 1. The number of carboxylic acids is 1. The lowest BCUT2D eigenvalue weighted by atomic mass is 9.99. The molecule has 0 bridgehead atoms. The Labute approximate surface area is 111 Å². The number of aliphatic carboxylic acids is 1. The lowest BCUT2D eigenvalue weighted by molar-refractivity contribution is -0.136. The van der Waals surface area contributed by atoms with Gasteiger partial charge in [0.05, 0.1) is 7.11 Å². The maximum Gasteiger partial charge on any atom is 0.316 e. The first-order valence-corrected chi connectivity index (χ1v) is 6.10. The molecule has 2 aromatic rings. The van der Waals surface area contributed by atoms with Crippen molar-refractivity contribution >= 4 is 29.4 Å². The minimum atomic E-state index is -0.923. The molecule has 0 fully saturated rings. The molecule has 0 aliphatic rings. The van der Waals surface area contributed by atoms with Gasteiger partial charge in [-0.2, -0.15) is 12.6 Å². The molecule has 2 rings (SSSR count). The normalized spacial score (nSPS) is 12.3. The van der Waals surface area contributed by atoms with Gasteiger partial charge in [-0.1, -0.05) is 30.3 Å². The molecule has 0 radical (unpaired) electrons. The van der Waals surface area contributed by atoms with Crippen molar-refractivity contribution in [2.45, 2.75) is 11.7 Å². The number of hydrogen-bond donors (Lipinski definition) is 2. The van der Waals surface area contributed by atoms with Crippen LogP contribution in [0, 0.1) is 0 Å². The highest BCUT2D eigenvalue weighted by atomic mass is 32.1. The summed E-state index contributed by atoms with van der Waals surface area (Å²) >= 11 is 4.09. The maximum absolute atomic E-state index is 10.9. The van der Waals surface area contributed by atoms with Crippen molar-refractivity contribution in [3.63, 3.8) is 0 Å². The van der Waals surface area contributed by atoms with E-state index in [4.69, 9.17) is 9.84 Å². The number of carbonyl (C=O) groups is 1. The largest absolute Gasteiger partial charge is 0.496 e. The van der Waals surface area contributed by atoms with E-state index in [0.29, 0.717) is 12.2 Å². The van der Waals surface area contributed by atoms with E-state index in [0.717, 1.165) is 16.3 Å². The van der Waals surface area contributed by atoms with Crippen molar-refractivity contribution in [1.82, 2.24) is 0 Å². The molecule has 18 heavy (non-hydrogen) atoms. The summed E-state index contributed by atoms with van der Waals surface area (Å²) < 4.78 is 5.31. The summed E-state index contributed by atoms with van der Waals surface area (Å²) in [5.41, 5.74) is 0.887. The summed E-state index contributed by atoms with van der Waals surface area (Å²) in [5.74, 6) is -0.220. The molecule has 0 aromatic heterocycles. The number of thiol groups is 1. The Kier molecular flexibility index (Phi) is 3.77. The minimum Gasteiger partial charge on any atom is -0.496 e. The van der Waals surface area contributed by atoms with Crippen LogP contribution in [0.1, 0.15) is 5.56 Å². The summed E-state index contributed by atoms with van der Waals surface area (Å²) in [4.78, 5) is 10.9.